The van der Waals surface area contributed by atoms with Gasteiger partial charge in [0.2, 0.25) is 5.03 Å². The molecule has 7 nitrogen and oxygen atoms in total. The lowest BCUT2D eigenvalue weighted by atomic mass is 10.4. The van der Waals surface area contributed by atoms with Crippen LogP contribution in [0.15, 0.2) is 9.63 Å². The molecule has 0 unspecified atom stereocenters. The second-order valence-electron chi connectivity index (χ2n) is 4.68. The van der Waals surface area contributed by atoms with Crippen LogP contribution >= 0.6 is 15.9 Å². The van der Waals surface area contributed by atoms with Gasteiger partial charge in [-0.3, -0.25) is 0 Å². The van der Waals surface area contributed by atoms with Crippen LogP contribution in [0.3, 0.4) is 0 Å². The highest BCUT2D eigenvalue weighted by molar-refractivity contribution is 9.10. The Morgan fingerprint density at radius 2 is 2.00 bits per heavy atom. The van der Waals surface area contributed by atoms with Gasteiger partial charge in [0.25, 0.3) is 10.0 Å². The zero-order chi connectivity index (χ0) is 14.0. The lowest BCUT2D eigenvalue weighted by molar-refractivity contribution is 0.309. The van der Waals surface area contributed by atoms with Gasteiger partial charge < -0.3 is 4.90 Å². The van der Waals surface area contributed by atoms with E-state index in [4.69, 9.17) is 0 Å². The van der Waals surface area contributed by atoms with Crippen LogP contribution in [0, 0.1) is 0 Å². The fourth-order valence-electron chi connectivity index (χ4n) is 2.15. The fraction of sp³-hybridized carbons (Fsp3) is 0.800. The van der Waals surface area contributed by atoms with Crippen LogP contribution in [-0.2, 0) is 17.1 Å². The minimum Gasteiger partial charge on any atom is -0.302 e. The molecule has 1 saturated heterocycles. The molecule has 19 heavy (non-hydrogen) atoms. The number of nitrogens with zero attached hydrogens (tertiary/aromatic N) is 5. The van der Waals surface area contributed by atoms with Crippen LogP contribution in [0.1, 0.15) is 12.8 Å². The Morgan fingerprint density at radius 1 is 1.37 bits per heavy atom. The van der Waals surface area contributed by atoms with Crippen molar-refractivity contribution < 1.29 is 8.42 Å². The maximum atomic E-state index is 12.4. The molecule has 0 aromatic carbocycles. The van der Waals surface area contributed by atoms with E-state index in [1.807, 2.05) is 0 Å². The van der Waals surface area contributed by atoms with Crippen LogP contribution in [0.4, 0.5) is 0 Å². The van der Waals surface area contributed by atoms with E-state index in [0.717, 1.165) is 19.6 Å². The summed E-state index contributed by atoms with van der Waals surface area (Å²) in [5, 5.41) is 7.52. The number of hydrogen-bond donors (Lipinski definition) is 0. The third-order valence-electron chi connectivity index (χ3n) is 3.32. The van der Waals surface area contributed by atoms with Crippen molar-refractivity contribution in [1.29, 1.82) is 0 Å². The molecule has 2 rings (SSSR count). The van der Waals surface area contributed by atoms with Crippen molar-refractivity contribution in [3.63, 3.8) is 0 Å². The van der Waals surface area contributed by atoms with Gasteiger partial charge in [0.05, 0.1) is 0 Å². The number of likely N-dealkylation sites (N-methyl/N-ethyl adjacent to an activating group) is 1. The predicted octanol–water partition coefficient (Wildman–Crippen LogP) is 0.294. The van der Waals surface area contributed by atoms with Gasteiger partial charge in [0.1, 0.15) is 0 Å². The first-order valence-electron chi connectivity index (χ1n) is 6.17. The van der Waals surface area contributed by atoms with Gasteiger partial charge in [0, 0.05) is 27.2 Å². The van der Waals surface area contributed by atoms with E-state index in [9.17, 15) is 8.42 Å². The number of hydrogen-bond acceptors (Lipinski definition) is 5. The monoisotopic (exact) mass is 351 g/mol. The van der Waals surface area contributed by atoms with Crippen molar-refractivity contribution in [2.75, 3.05) is 33.2 Å². The van der Waals surface area contributed by atoms with E-state index in [-0.39, 0.29) is 9.63 Å². The van der Waals surface area contributed by atoms with Crippen LogP contribution in [-0.4, -0.2) is 65.8 Å². The molecule has 0 amide bonds. The van der Waals surface area contributed by atoms with Gasteiger partial charge in [-0.15, -0.1) is 5.10 Å². The van der Waals surface area contributed by atoms with E-state index < -0.39 is 10.0 Å². The van der Waals surface area contributed by atoms with Crippen LogP contribution in [0.25, 0.3) is 0 Å². The average molecular weight is 352 g/mol. The normalized spacial score (nSPS) is 17.5. The first-order valence-corrected chi connectivity index (χ1v) is 8.40. The lowest BCUT2D eigenvalue weighted by Gasteiger charge is -2.21. The van der Waals surface area contributed by atoms with Gasteiger partial charge in [-0.2, -0.15) is 4.31 Å². The molecule has 1 aliphatic rings. The maximum Gasteiger partial charge on any atom is 0.262 e. The summed E-state index contributed by atoms with van der Waals surface area (Å²) in [4.78, 5) is 2.28. The molecule has 0 bridgehead atoms. The molecule has 0 saturated carbocycles. The smallest absolute Gasteiger partial charge is 0.262 e. The second-order valence-corrected chi connectivity index (χ2v) is 7.40. The van der Waals surface area contributed by atoms with Gasteiger partial charge >= 0.3 is 0 Å². The molecular formula is C10H18BrN5O2S. The summed E-state index contributed by atoms with van der Waals surface area (Å²) < 4.78 is 27.7. The molecule has 1 aromatic heterocycles. The van der Waals surface area contributed by atoms with Crippen molar-refractivity contribution in [2.24, 2.45) is 7.05 Å². The number of likely N-dealkylation sites (tertiary alicyclic amines) is 1. The Bertz CT molecular complexity index is 519. The zero-order valence-corrected chi connectivity index (χ0v) is 13.5. The van der Waals surface area contributed by atoms with Gasteiger partial charge in [-0.1, -0.05) is 5.21 Å². The molecule has 0 N–H and O–H groups in total. The van der Waals surface area contributed by atoms with Gasteiger partial charge in [0.15, 0.2) is 4.60 Å². The molecular weight excluding hydrogens is 334 g/mol. The van der Waals surface area contributed by atoms with E-state index in [1.54, 1.807) is 14.1 Å². The maximum absolute atomic E-state index is 12.4. The summed E-state index contributed by atoms with van der Waals surface area (Å²) in [7, 11) is -0.394. The molecule has 0 atom stereocenters. The van der Waals surface area contributed by atoms with Crippen molar-refractivity contribution in [3.8, 4) is 0 Å². The molecule has 0 spiro atoms. The molecule has 1 aromatic rings. The number of aromatic nitrogens is 3. The summed E-state index contributed by atoms with van der Waals surface area (Å²) in [5.41, 5.74) is 0. The number of sulfonamides is 1. The molecule has 108 valence electrons. The Kier molecular flexibility index (Phi) is 4.59. The Balaban J connectivity index is 2.06. The van der Waals surface area contributed by atoms with Crippen LogP contribution in [0.2, 0.25) is 0 Å². The Hall–Kier alpha value is -0.510. The summed E-state index contributed by atoms with van der Waals surface area (Å²) >= 11 is 3.13. The lowest BCUT2D eigenvalue weighted by Crippen LogP contribution is -2.36. The Morgan fingerprint density at radius 3 is 2.53 bits per heavy atom. The minimum atomic E-state index is -3.55. The summed E-state index contributed by atoms with van der Waals surface area (Å²) in [6.45, 7) is 3.36. The van der Waals surface area contributed by atoms with Gasteiger partial charge in [-0.25, -0.2) is 13.1 Å². The number of halogens is 1. The average Bonchev–Trinajstić information content (AvgIpc) is 2.96. The fourth-order valence-corrected chi connectivity index (χ4v) is 4.34. The molecule has 0 radical (unpaired) electrons. The second kappa shape index (κ2) is 5.86. The van der Waals surface area contributed by atoms with Crippen LogP contribution < -0.4 is 0 Å². The molecule has 9 heteroatoms. The minimum absolute atomic E-state index is 0.0939. The highest BCUT2D eigenvalue weighted by atomic mass is 79.9. The first-order chi connectivity index (χ1) is 8.93. The summed E-state index contributed by atoms with van der Waals surface area (Å²) in [5.74, 6) is 0. The van der Waals surface area contributed by atoms with E-state index >= 15 is 0 Å². The number of aryl methyl sites for hydroxylation is 1. The van der Waals surface area contributed by atoms with Crippen molar-refractivity contribution in [2.45, 2.75) is 17.9 Å². The van der Waals surface area contributed by atoms with E-state index in [1.165, 1.54) is 21.8 Å². The largest absolute Gasteiger partial charge is 0.302 e. The van der Waals surface area contributed by atoms with Crippen molar-refractivity contribution >= 4 is 26.0 Å². The van der Waals surface area contributed by atoms with Crippen molar-refractivity contribution in [3.05, 3.63) is 4.60 Å². The topological polar surface area (TPSA) is 71.3 Å². The summed E-state index contributed by atoms with van der Waals surface area (Å²) in [6, 6.07) is 0. The standard InChI is InChI=1S/C10H18BrN5O2S/c1-14(7-8-16-5-3-4-6-16)19(17,18)10-9(11)12-13-15(10)2/h3-8H2,1-2H3. The highest BCUT2D eigenvalue weighted by Gasteiger charge is 2.28. The molecule has 2 heterocycles. The van der Waals surface area contributed by atoms with Crippen molar-refractivity contribution in [1.82, 2.24) is 24.2 Å². The molecule has 0 aliphatic carbocycles. The third-order valence-corrected chi connectivity index (χ3v) is 6.07. The third kappa shape index (κ3) is 3.15. The van der Waals surface area contributed by atoms with Gasteiger partial charge in [-0.05, 0) is 41.9 Å². The van der Waals surface area contributed by atoms with E-state index in [2.05, 4.69) is 31.1 Å². The SMILES string of the molecule is CN(CCN1CCCC1)S(=O)(=O)c1c(Br)nnn1C. The quantitative estimate of drug-likeness (QED) is 0.762. The van der Waals surface area contributed by atoms with Crippen LogP contribution in [0.5, 0.6) is 0 Å². The predicted molar refractivity (Wildman–Crippen MR) is 74.2 cm³/mol. The Labute approximate surface area is 121 Å². The molecule has 1 aliphatic heterocycles. The zero-order valence-electron chi connectivity index (χ0n) is 11.1. The number of rotatable bonds is 5. The first kappa shape index (κ1) is 14.9. The molecule has 1 fully saturated rings. The van der Waals surface area contributed by atoms with E-state index in [0.29, 0.717) is 6.54 Å². The highest BCUT2D eigenvalue weighted by Crippen LogP contribution is 2.21. The summed E-state index contributed by atoms with van der Waals surface area (Å²) in [6.07, 6.45) is 2.40.